The molecule has 1 aliphatic heterocycles. The SMILES string of the molecule is CN1CCC(NS(=O)(=O)CC(=O)O)CC1. The summed E-state index contributed by atoms with van der Waals surface area (Å²) >= 11 is 0. The van der Waals surface area contributed by atoms with Gasteiger partial charge in [-0.1, -0.05) is 0 Å². The van der Waals surface area contributed by atoms with Gasteiger partial charge in [0, 0.05) is 6.04 Å². The molecule has 15 heavy (non-hydrogen) atoms. The molecule has 1 fully saturated rings. The second-order valence-electron chi connectivity index (χ2n) is 3.85. The van der Waals surface area contributed by atoms with Crippen LogP contribution in [-0.4, -0.2) is 56.3 Å². The maximum atomic E-state index is 11.3. The molecular weight excluding hydrogens is 220 g/mol. The van der Waals surface area contributed by atoms with Crippen molar-refractivity contribution in [3.8, 4) is 0 Å². The molecule has 1 rings (SSSR count). The first-order valence-corrected chi connectivity index (χ1v) is 6.44. The van der Waals surface area contributed by atoms with E-state index >= 15 is 0 Å². The summed E-state index contributed by atoms with van der Waals surface area (Å²) in [5, 5.41) is 8.39. The van der Waals surface area contributed by atoms with Crippen molar-refractivity contribution in [1.82, 2.24) is 9.62 Å². The molecule has 0 amide bonds. The van der Waals surface area contributed by atoms with Crippen molar-refractivity contribution < 1.29 is 18.3 Å². The molecule has 7 heteroatoms. The number of hydrogen-bond acceptors (Lipinski definition) is 4. The molecule has 0 aromatic carbocycles. The van der Waals surface area contributed by atoms with Gasteiger partial charge in [0.2, 0.25) is 10.0 Å². The van der Waals surface area contributed by atoms with Gasteiger partial charge in [-0.2, -0.15) is 0 Å². The molecule has 1 saturated heterocycles. The Labute approximate surface area is 89.3 Å². The van der Waals surface area contributed by atoms with E-state index in [1.165, 1.54) is 0 Å². The second-order valence-corrected chi connectivity index (χ2v) is 5.60. The third-order valence-corrected chi connectivity index (χ3v) is 3.70. The summed E-state index contributed by atoms with van der Waals surface area (Å²) in [6.45, 7) is 1.67. The Bertz CT molecular complexity index is 320. The molecule has 88 valence electrons. The largest absolute Gasteiger partial charge is 0.480 e. The molecule has 0 spiro atoms. The van der Waals surface area contributed by atoms with E-state index < -0.39 is 21.7 Å². The number of hydrogen-bond donors (Lipinski definition) is 2. The van der Waals surface area contributed by atoms with Gasteiger partial charge in [0.15, 0.2) is 5.75 Å². The zero-order chi connectivity index (χ0) is 11.5. The van der Waals surface area contributed by atoms with E-state index in [0.29, 0.717) is 0 Å². The first-order valence-electron chi connectivity index (χ1n) is 4.79. The van der Waals surface area contributed by atoms with Crippen LogP contribution in [0, 0.1) is 0 Å². The van der Waals surface area contributed by atoms with Gasteiger partial charge in [0.25, 0.3) is 0 Å². The molecular formula is C8H16N2O4S. The highest BCUT2D eigenvalue weighted by Crippen LogP contribution is 2.09. The molecule has 1 aliphatic rings. The van der Waals surface area contributed by atoms with Gasteiger partial charge in [-0.15, -0.1) is 0 Å². The van der Waals surface area contributed by atoms with Crippen molar-refractivity contribution >= 4 is 16.0 Å². The Morgan fingerprint density at radius 1 is 1.47 bits per heavy atom. The number of carboxylic acids is 1. The highest BCUT2D eigenvalue weighted by Gasteiger charge is 2.23. The van der Waals surface area contributed by atoms with Crippen molar-refractivity contribution in [2.24, 2.45) is 0 Å². The number of carboxylic acid groups (broad SMARTS) is 1. The van der Waals surface area contributed by atoms with Crippen LogP contribution in [0.4, 0.5) is 0 Å². The zero-order valence-electron chi connectivity index (χ0n) is 8.64. The molecule has 6 nitrogen and oxygen atoms in total. The van der Waals surface area contributed by atoms with Crippen LogP contribution in [0.25, 0.3) is 0 Å². The summed E-state index contributed by atoms with van der Waals surface area (Å²) in [6.07, 6.45) is 1.46. The summed E-state index contributed by atoms with van der Waals surface area (Å²) in [5.74, 6) is -2.17. The lowest BCUT2D eigenvalue weighted by molar-refractivity contribution is -0.134. The Morgan fingerprint density at radius 2 is 2.00 bits per heavy atom. The smallest absolute Gasteiger partial charge is 0.320 e. The summed E-state index contributed by atoms with van der Waals surface area (Å²) in [4.78, 5) is 12.4. The highest BCUT2D eigenvalue weighted by molar-refractivity contribution is 7.90. The van der Waals surface area contributed by atoms with Crippen LogP contribution in [0.15, 0.2) is 0 Å². The number of nitrogens with zero attached hydrogens (tertiary/aromatic N) is 1. The maximum Gasteiger partial charge on any atom is 0.320 e. The van der Waals surface area contributed by atoms with Gasteiger partial charge >= 0.3 is 5.97 Å². The maximum absolute atomic E-state index is 11.3. The monoisotopic (exact) mass is 236 g/mol. The van der Waals surface area contributed by atoms with Gasteiger partial charge in [-0.05, 0) is 33.0 Å². The fourth-order valence-electron chi connectivity index (χ4n) is 1.58. The highest BCUT2D eigenvalue weighted by atomic mass is 32.2. The fraction of sp³-hybridized carbons (Fsp3) is 0.875. The van der Waals surface area contributed by atoms with E-state index in [0.717, 1.165) is 25.9 Å². The third kappa shape index (κ3) is 4.59. The van der Waals surface area contributed by atoms with Crippen LogP contribution in [0.1, 0.15) is 12.8 Å². The minimum Gasteiger partial charge on any atom is -0.480 e. The van der Waals surface area contributed by atoms with Gasteiger partial charge in [-0.3, -0.25) is 4.79 Å². The molecule has 0 aliphatic carbocycles. The van der Waals surface area contributed by atoms with Crippen molar-refractivity contribution in [2.45, 2.75) is 18.9 Å². The van der Waals surface area contributed by atoms with E-state index in [1.807, 2.05) is 7.05 Å². The number of rotatable bonds is 4. The number of nitrogens with one attached hydrogen (secondary N) is 1. The molecule has 0 radical (unpaired) electrons. The Balaban J connectivity index is 2.44. The number of piperidine rings is 1. The van der Waals surface area contributed by atoms with Crippen molar-refractivity contribution in [2.75, 3.05) is 25.9 Å². The van der Waals surface area contributed by atoms with E-state index in [2.05, 4.69) is 9.62 Å². The molecule has 2 N–H and O–H groups in total. The topological polar surface area (TPSA) is 86.7 Å². The van der Waals surface area contributed by atoms with Crippen LogP contribution in [0.2, 0.25) is 0 Å². The molecule has 0 unspecified atom stereocenters. The minimum absolute atomic E-state index is 0.120. The predicted molar refractivity (Wildman–Crippen MR) is 55.1 cm³/mol. The lowest BCUT2D eigenvalue weighted by Gasteiger charge is -2.29. The van der Waals surface area contributed by atoms with E-state index in [-0.39, 0.29) is 6.04 Å². The van der Waals surface area contributed by atoms with Gasteiger partial charge in [0.05, 0.1) is 0 Å². The zero-order valence-corrected chi connectivity index (χ0v) is 9.46. The first-order chi connectivity index (χ1) is 6.89. The lowest BCUT2D eigenvalue weighted by atomic mass is 10.1. The minimum atomic E-state index is -3.67. The first kappa shape index (κ1) is 12.4. The summed E-state index contributed by atoms with van der Waals surface area (Å²) in [5.41, 5.74) is 0. The van der Waals surface area contributed by atoms with E-state index in [1.54, 1.807) is 0 Å². The fourth-order valence-corrected chi connectivity index (χ4v) is 2.74. The van der Waals surface area contributed by atoms with Crippen LogP contribution in [0.3, 0.4) is 0 Å². The standard InChI is InChI=1S/C8H16N2O4S/c1-10-4-2-7(3-5-10)9-15(13,14)6-8(11)12/h7,9H,2-6H2,1H3,(H,11,12). The summed E-state index contributed by atoms with van der Waals surface area (Å²) in [7, 11) is -1.69. The van der Waals surface area contributed by atoms with Crippen molar-refractivity contribution in [3.05, 3.63) is 0 Å². The summed E-state index contributed by atoms with van der Waals surface area (Å²) in [6, 6.07) is -0.120. The van der Waals surface area contributed by atoms with Crippen LogP contribution in [0.5, 0.6) is 0 Å². The van der Waals surface area contributed by atoms with Crippen molar-refractivity contribution in [3.63, 3.8) is 0 Å². The molecule has 0 bridgehead atoms. The predicted octanol–water partition coefficient (Wildman–Crippen LogP) is -0.915. The number of likely N-dealkylation sites (tertiary alicyclic amines) is 1. The Hall–Kier alpha value is -0.660. The molecule has 0 aromatic heterocycles. The average Bonchev–Trinajstić information content (AvgIpc) is 2.06. The molecule has 0 saturated carbocycles. The molecule has 0 aromatic rings. The van der Waals surface area contributed by atoms with Crippen LogP contribution >= 0.6 is 0 Å². The molecule has 1 heterocycles. The van der Waals surface area contributed by atoms with Crippen LogP contribution in [-0.2, 0) is 14.8 Å². The Morgan fingerprint density at radius 3 is 2.47 bits per heavy atom. The van der Waals surface area contributed by atoms with E-state index in [9.17, 15) is 13.2 Å². The lowest BCUT2D eigenvalue weighted by Crippen LogP contribution is -2.44. The van der Waals surface area contributed by atoms with Crippen LogP contribution < -0.4 is 4.72 Å². The summed E-state index contributed by atoms with van der Waals surface area (Å²) < 4.78 is 25.0. The number of carbonyl (C=O) groups is 1. The van der Waals surface area contributed by atoms with Gasteiger partial charge < -0.3 is 10.0 Å². The van der Waals surface area contributed by atoms with Crippen molar-refractivity contribution in [1.29, 1.82) is 0 Å². The second kappa shape index (κ2) is 4.91. The average molecular weight is 236 g/mol. The van der Waals surface area contributed by atoms with Gasteiger partial charge in [-0.25, -0.2) is 13.1 Å². The van der Waals surface area contributed by atoms with Gasteiger partial charge in [0.1, 0.15) is 0 Å². The normalized spacial score (nSPS) is 20.3. The quantitative estimate of drug-likeness (QED) is 0.659. The van der Waals surface area contributed by atoms with E-state index in [4.69, 9.17) is 5.11 Å². The Kier molecular flexibility index (Phi) is 4.06. The third-order valence-electron chi connectivity index (χ3n) is 2.38. The molecule has 0 atom stereocenters. The number of sulfonamides is 1. The number of aliphatic carboxylic acids is 1.